The van der Waals surface area contributed by atoms with E-state index < -0.39 is 40.9 Å². The van der Waals surface area contributed by atoms with Crippen molar-refractivity contribution in [3.05, 3.63) is 76.9 Å². The second-order valence-corrected chi connectivity index (χ2v) is 11.4. The maximum atomic E-state index is 15.3. The Labute approximate surface area is 239 Å². The molecule has 2 saturated carbocycles. The van der Waals surface area contributed by atoms with Gasteiger partial charge in [0, 0.05) is 0 Å². The second-order valence-electron chi connectivity index (χ2n) is 11.4. The number of halogens is 4. The number of hydrogen-bond donors (Lipinski definition) is 1. The maximum absolute atomic E-state index is 15.3. The van der Waals surface area contributed by atoms with Crippen LogP contribution in [0, 0.1) is 29.2 Å². The topological polar surface area (TPSA) is 55.8 Å². The first-order valence-corrected chi connectivity index (χ1v) is 14.8. The van der Waals surface area contributed by atoms with Crippen LogP contribution in [0.4, 0.5) is 17.6 Å². The summed E-state index contributed by atoms with van der Waals surface area (Å²) in [6, 6.07) is 5.71. The van der Waals surface area contributed by atoms with Crippen LogP contribution in [0.2, 0.25) is 0 Å². The highest BCUT2D eigenvalue weighted by atomic mass is 19.2. The lowest BCUT2D eigenvalue weighted by Crippen LogP contribution is -2.26. The Bertz CT molecular complexity index is 1200. The summed E-state index contributed by atoms with van der Waals surface area (Å²) in [6.07, 6.45) is 7.69. The van der Waals surface area contributed by atoms with E-state index in [1.54, 1.807) is 18.2 Å². The Hall–Kier alpha value is -2.87. The summed E-state index contributed by atoms with van der Waals surface area (Å²) in [5.41, 5.74) is 0.213. The van der Waals surface area contributed by atoms with Crippen molar-refractivity contribution in [3.8, 4) is 5.75 Å². The Kier molecular flexibility index (Phi) is 10.9. The number of esters is 1. The molecule has 0 aromatic heterocycles. The number of aliphatic hydroxyl groups excluding tert-OH is 1. The zero-order chi connectivity index (χ0) is 29.5. The van der Waals surface area contributed by atoms with Gasteiger partial charge in [-0.25, -0.2) is 18.0 Å². The molecule has 2 aromatic carbocycles. The van der Waals surface area contributed by atoms with Crippen molar-refractivity contribution in [3.63, 3.8) is 0 Å². The fourth-order valence-corrected chi connectivity index (χ4v) is 6.32. The van der Waals surface area contributed by atoms with Gasteiger partial charge in [0.2, 0.25) is 5.82 Å². The molecule has 4 rings (SSSR count). The zero-order valence-corrected chi connectivity index (χ0v) is 23.6. The van der Waals surface area contributed by atoms with E-state index in [2.05, 4.69) is 6.58 Å². The van der Waals surface area contributed by atoms with Crippen LogP contribution in [-0.4, -0.2) is 29.9 Å². The van der Waals surface area contributed by atoms with Gasteiger partial charge in [0.25, 0.3) is 0 Å². The molecule has 0 amide bonds. The number of rotatable bonds is 11. The predicted molar refractivity (Wildman–Crippen MR) is 149 cm³/mol. The van der Waals surface area contributed by atoms with Gasteiger partial charge >= 0.3 is 5.97 Å². The molecule has 0 aliphatic heterocycles. The van der Waals surface area contributed by atoms with Gasteiger partial charge in [0.05, 0.1) is 18.3 Å². The smallest absolute Gasteiger partial charge is 0.341 e. The van der Waals surface area contributed by atoms with E-state index in [-0.39, 0.29) is 36.2 Å². The summed E-state index contributed by atoms with van der Waals surface area (Å²) in [4.78, 5) is 12.6. The quantitative estimate of drug-likeness (QED) is 0.126. The Morgan fingerprint density at radius 1 is 0.902 bits per heavy atom. The fourth-order valence-electron chi connectivity index (χ4n) is 6.32. The van der Waals surface area contributed by atoms with Crippen molar-refractivity contribution < 1.29 is 36.9 Å². The molecule has 1 N–H and O–H groups in total. The molecule has 2 fully saturated rings. The van der Waals surface area contributed by atoms with Gasteiger partial charge in [-0.05, 0) is 105 Å². The molecule has 0 saturated heterocycles. The van der Waals surface area contributed by atoms with Crippen molar-refractivity contribution in [2.24, 2.45) is 5.92 Å². The molecule has 8 heteroatoms. The van der Waals surface area contributed by atoms with E-state index >= 15 is 8.78 Å². The summed E-state index contributed by atoms with van der Waals surface area (Å²) in [5.74, 6) is -5.52. The van der Waals surface area contributed by atoms with Crippen LogP contribution >= 0.6 is 0 Å². The van der Waals surface area contributed by atoms with Crippen molar-refractivity contribution in [2.75, 3.05) is 6.61 Å². The van der Waals surface area contributed by atoms with Gasteiger partial charge < -0.3 is 14.6 Å². The number of carbonyl (C=O) groups is 1. The third-order valence-electron chi connectivity index (χ3n) is 8.72. The average Bonchev–Trinajstić information content (AvgIpc) is 2.97. The molecule has 0 spiro atoms. The minimum absolute atomic E-state index is 0.0585. The molecule has 0 heterocycles. The lowest BCUT2D eigenvalue weighted by atomic mass is 9.75. The van der Waals surface area contributed by atoms with Crippen LogP contribution in [0.1, 0.15) is 111 Å². The first-order chi connectivity index (χ1) is 19.7. The number of carbonyl (C=O) groups excluding carboxylic acids is 1. The maximum Gasteiger partial charge on any atom is 0.341 e. The molecule has 41 heavy (non-hydrogen) atoms. The van der Waals surface area contributed by atoms with Crippen LogP contribution in [0.25, 0.3) is 0 Å². The molecule has 4 nitrogen and oxygen atoms in total. The average molecular weight is 577 g/mol. The van der Waals surface area contributed by atoms with Crippen LogP contribution in [-0.2, 0) is 4.74 Å². The van der Waals surface area contributed by atoms with Gasteiger partial charge in [0.15, 0.2) is 23.2 Å². The highest BCUT2D eigenvalue weighted by Gasteiger charge is 2.32. The molecule has 2 aliphatic rings. The van der Waals surface area contributed by atoms with Gasteiger partial charge in [0.1, 0.15) is 6.10 Å². The van der Waals surface area contributed by atoms with E-state index in [1.165, 1.54) is 6.07 Å². The SMILES string of the molecule is C=CCCOc1ccc(C(=O)OC2CCC(c3ccc(C4CCC(C(O)CCC)CC4)c(F)c3F)CC2)c(F)c1F. The van der Waals surface area contributed by atoms with Crippen molar-refractivity contribution in [1.29, 1.82) is 0 Å². The predicted octanol–water partition coefficient (Wildman–Crippen LogP) is 8.52. The fraction of sp³-hybridized carbons (Fsp3) is 0.545. The molecule has 0 bridgehead atoms. The van der Waals surface area contributed by atoms with Crippen molar-refractivity contribution in [1.82, 2.24) is 0 Å². The van der Waals surface area contributed by atoms with E-state index in [4.69, 9.17) is 9.47 Å². The van der Waals surface area contributed by atoms with E-state index in [9.17, 15) is 18.7 Å². The second kappa shape index (κ2) is 14.3. The number of aliphatic hydroxyl groups is 1. The summed E-state index contributed by atoms with van der Waals surface area (Å²) < 4.78 is 70.0. The van der Waals surface area contributed by atoms with Crippen LogP contribution in [0.15, 0.2) is 36.9 Å². The van der Waals surface area contributed by atoms with Gasteiger partial charge in [-0.15, -0.1) is 6.58 Å². The van der Waals surface area contributed by atoms with Crippen molar-refractivity contribution in [2.45, 2.75) is 102 Å². The summed E-state index contributed by atoms with van der Waals surface area (Å²) in [6.45, 7) is 5.71. The highest BCUT2D eigenvalue weighted by molar-refractivity contribution is 5.90. The van der Waals surface area contributed by atoms with Gasteiger partial charge in [-0.2, -0.15) is 4.39 Å². The lowest BCUT2D eigenvalue weighted by molar-refractivity contribution is 0.0188. The molecule has 2 aromatic rings. The molecule has 224 valence electrons. The van der Waals surface area contributed by atoms with Crippen LogP contribution in [0.5, 0.6) is 5.75 Å². The normalized spacial score (nSPS) is 23.6. The standard InChI is InChI=1S/C33H40F4O4/c1-3-5-19-40-28-18-17-26(31(36)32(28)37)33(39)41-23-13-11-21(12-14-23)25-16-15-24(29(34)30(25)35)20-7-9-22(10-8-20)27(38)6-4-2/h3,15-18,20-23,27,38H,1,4-14,19H2,2H3. The summed E-state index contributed by atoms with van der Waals surface area (Å²) >= 11 is 0. The molecule has 2 aliphatic carbocycles. The van der Waals surface area contributed by atoms with Crippen molar-refractivity contribution >= 4 is 5.97 Å². The molecular weight excluding hydrogens is 536 g/mol. The molecular formula is C33H40F4O4. The minimum Gasteiger partial charge on any atom is -0.490 e. The molecule has 1 unspecified atom stereocenters. The first kappa shape index (κ1) is 31.1. The lowest BCUT2D eigenvalue weighted by Gasteiger charge is -2.32. The molecule has 0 radical (unpaired) electrons. The largest absolute Gasteiger partial charge is 0.490 e. The van der Waals surface area contributed by atoms with E-state index in [0.29, 0.717) is 43.2 Å². The van der Waals surface area contributed by atoms with E-state index in [1.807, 2.05) is 6.92 Å². The Balaban J connectivity index is 1.32. The highest BCUT2D eigenvalue weighted by Crippen LogP contribution is 2.42. The summed E-state index contributed by atoms with van der Waals surface area (Å²) in [5, 5.41) is 10.3. The van der Waals surface area contributed by atoms with Gasteiger partial charge in [-0.1, -0.05) is 31.6 Å². The third-order valence-corrected chi connectivity index (χ3v) is 8.72. The third kappa shape index (κ3) is 7.32. The minimum atomic E-state index is -1.33. The zero-order valence-electron chi connectivity index (χ0n) is 23.6. The monoisotopic (exact) mass is 576 g/mol. The Morgan fingerprint density at radius 3 is 2.05 bits per heavy atom. The Morgan fingerprint density at radius 2 is 1.49 bits per heavy atom. The van der Waals surface area contributed by atoms with Crippen LogP contribution in [0.3, 0.4) is 0 Å². The van der Waals surface area contributed by atoms with E-state index in [0.717, 1.165) is 44.6 Å². The van der Waals surface area contributed by atoms with Crippen LogP contribution < -0.4 is 4.74 Å². The number of ether oxygens (including phenoxy) is 2. The number of benzene rings is 2. The summed E-state index contributed by atoms with van der Waals surface area (Å²) in [7, 11) is 0. The molecule has 1 atom stereocenters. The van der Waals surface area contributed by atoms with Gasteiger partial charge in [-0.3, -0.25) is 0 Å². The number of hydrogen-bond acceptors (Lipinski definition) is 4. The first-order valence-electron chi connectivity index (χ1n) is 14.8.